The third-order valence-electron chi connectivity index (χ3n) is 1.99. The number of Topliss-reactive ketones (excluding diaryl/α,β-unsaturated/α-hetero) is 1. The monoisotopic (exact) mass is 145 g/mol. The maximum Gasteiger partial charge on any atom is 0.159 e. The molecule has 0 amide bonds. The largest absolute Gasteiger partial charge is 0.295 e. The van der Waals surface area contributed by atoms with Crippen LogP contribution in [-0.2, 0) is 4.79 Å². The second-order valence-electron chi connectivity index (χ2n) is 2.75. The van der Waals surface area contributed by atoms with Crippen LogP contribution in [0.1, 0.15) is 12.8 Å². The van der Waals surface area contributed by atoms with Crippen molar-refractivity contribution in [3.8, 4) is 0 Å². The van der Waals surface area contributed by atoms with E-state index < -0.39 is 0 Å². The molecule has 0 aliphatic heterocycles. The summed E-state index contributed by atoms with van der Waals surface area (Å²) >= 11 is 0. The van der Waals surface area contributed by atoms with Crippen LogP contribution in [-0.4, -0.2) is 5.78 Å². The van der Waals surface area contributed by atoms with E-state index >= 15 is 0 Å². The standard InChI is InChI=1S/C10H9O/c11-10-7-3-6-9(10)8-4-1-2-5-8/h1-2,4-6H,3,7H2. The molecule has 0 spiro atoms. The molecule has 0 heterocycles. The van der Waals surface area contributed by atoms with Crippen LogP contribution in [0.3, 0.4) is 0 Å². The molecule has 0 aromatic rings. The van der Waals surface area contributed by atoms with E-state index in [1.54, 1.807) is 0 Å². The Hall–Kier alpha value is -0.590. The van der Waals surface area contributed by atoms with Crippen molar-refractivity contribution >= 4 is 5.78 Å². The molecule has 0 aromatic carbocycles. The van der Waals surface area contributed by atoms with E-state index in [1.807, 2.05) is 31.8 Å². The number of hydrogen-bond acceptors (Lipinski definition) is 1. The molecule has 2 aliphatic carbocycles. The fourth-order valence-electron chi connectivity index (χ4n) is 1.43. The van der Waals surface area contributed by atoms with Crippen LogP contribution in [0.25, 0.3) is 0 Å². The van der Waals surface area contributed by atoms with Gasteiger partial charge in [-0.15, -0.1) is 0 Å². The van der Waals surface area contributed by atoms with Gasteiger partial charge in [-0.05, 0) is 37.7 Å². The Balaban J connectivity index is 2.08. The van der Waals surface area contributed by atoms with Crippen molar-refractivity contribution in [3.63, 3.8) is 0 Å². The molecular weight excluding hydrogens is 136 g/mol. The minimum atomic E-state index is 0.288. The van der Waals surface area contributed by atoms with Crippen LogP contribution in [0.15, 0.2) is 11.6 Å². The van der Waals surface area contributed by atoms with Crippen molar-refractivity contribution in [2.24, 2.45) is 0 Å². The van der Waals surface area contributed by atoms with Crippen LogP contribution in [0.2, 0.25) is 0 Å². The van der Waals surface area contributed by atoms with E-state index in [1.165, 1.54) is 0 Å². The van der Waals surface area contributed by atoms with Gasteiger partial charge in [-0.2, -0.15) is 0 Å². The summed E-state index contributed by atoms with van der Waals surface area (Å²) < 4.78 is 0. The lowest BCUT2D eigenvalue weighted by Crippen LogP contribution is -2.04. The Labute approximate surface area is 67.5 Å². The molecule has 1 saturated carbocycles. The highest BCUT2D eigenvalue weighted by Gasteiger charge is 2.27. The van der Waals surface area contributed by atoms with Crippen LogP contribution in [0, 0.1) is 31.6 Å². The lowest BCUT2D eigenvalue weighted by molar-refractivity contribution is -0.114. The van der Waals surface area contributed by atoms with Gasteiger partial charge in [-0.3, -0.25) is 4.79 Å². The van der Waals surface area contributed by atoms with Gasteiger partial charge in [0.2, 0.25) is 0 Å². The fraction of sp³-hybridized carbons (Fsp3) is 0.200. The summed E-state index contributed by atoms with van der Waals surface area (Å²) in [6.07, 6.45) is 11.5. The molecule has 0 saturated heterocycles. The highest BCUT2D eigenvalue weighted by atomic mass is 16.1. The minimum absolute atomic E-state index is 0.288. The molecule has 11 heavy (non-hydrogen) atoms. The Morgan fingerprint density at radius 1 is 1.18 bits per heavy atom. The lowest BCUT2D eigenvalue weighted by atomic mass is 9.96. The van der Waals surface area contributed by atoms with Gasteiger partial charge < -0.3 is 0 Å². The first-order chi connectivity index (χ1) is 5.38. The number of carbonyl (C=O) groups excluding carboxylic acids is 1. The van der Waals surface area contributed by atoms with Crippen molar-refractivity contribution in [1.82, 2.24) is 0 Å². The average molecular weight is 145 g/mol. The van der Waals surface area contributed by atoms with Gasteiger partial charge in [-0.25, -0.2) is 0 Å². The molecule has 55 valence electrons. The highest BCUT2D eigenvalue weighted by molar-refractivity contribution is 6.02. The number of hydrogen-bond donors (Lipinski definition) is 0. The van der Waals surface area contributed by atoms with Gasteiger partial charge in [0.1, 0.15) is 0 Å². The quantitative estimate of drug-likeness (QED) is 0.548. The minimum Gasteiger partial charge on any atom is -0.295 e. The van der Waals surface area contributed by atoms with Gasteiger partial charge in [-0.1, -0.05) is 6.08 Å². The highest BCUT2D eigenvalue weighted by Crippen LogP contribution is 2.33. The summed E-state index contributed by atoms with van der Waals surface area (Å²) in [5.74, 6) is 1.36. The van der Waals surface area contributed by atoms with Crippen molar-refractivity contribution in [2.75, 3.05) is 0 Å². The lowest BCUT2D eigenvalue weighted by Gasteiger charge is -2.06. The number of rotatable bonds is 1. The van der Waals surface area contributed by atoms with Crippen molar-refractivity contribution in [1.29, 1.82) is 0 Å². The molecule has 0 aromatic heterocycles. The van der Waals surface area contributed by atoms with Crippen LogP contribution < -0.4 is 0 Å². The summed E-state index contributed by atoms with van der Waals surface area (Å²) in [6.45, 7) is 0. The summed E-state index contributed by atoms with van der Waals surface area (Å²) in [5.41, 5.74) is 0.912. The predicted octanol–water partition coefficient (Wildman–Crippen LogP) is 1.68. The molecule has 0 bridgehead atoms. The SMILES string of the molecule is O=C1CCC=C1[C]1[CH][CH][CH][CH]1. The summed E-state index contributed by atoms with van der Waals surface area (Å²) in [7, 11) is 0. The Morgan fingerprint density at radius 3 is 2.45 bits per heavy atom. The summed E-state index contributed by atoms with van der Waals surface area (Å²) in [6, 6.07) is 0. The maximum absolute atomic E-state index is 11.2. The fourth-order valence-corrected chi connectivity index (χ4v) is 1.43. The first-order valence-electron chi connectivity index (χ1n) is 3.83. The molecule has 0 N–H and O–H groups in total. The molecular formula is C10H9O. The number of carbonyl (C=O) groups is 1. The number of allylic oxidation sites excluding steroid dienone is 2. The van der Waals surface area contributed by atoms with Gasteiger partial charge in [0.25, 0.3) is 0 Å². The molecule has 0 unspecified atom stereocenters. The average Bonchev–Trinajstić information content (AvgIpc) is 2.55. The van der Waals surface area contributed by atoms with E-state index in [4.69, 9.17) is 0 Å². The van der Waals surface area contributed by atoms with E-state index in [2.05, 4.69) is 0 Å². The smallest absolute Gasteiger partial charge is 0.159 e. The molecule has 0 atom stereocenters. The first-order valence-corrected chi connectivity index (χ1v) is 3.83. The summed E-state index contributed by atoms with van der Waals surface area (Å²) in [5, 5.41) is 0. The van der Waals surface area contributed by atoms with E-state index in [0.29, 0.717) is 6.42 Å². The Kier molecular flexibility index (Phi) is 1.80. The van der Waals surface area contributed by atoms with E-state index in [-0.39, 0.29) is 5.78 Å². The first kappa shape index (κ1) is 7.08. The Bertz CT molecular complexity index is 197. The normalized spacial score (nSPS) is 26.2. The van der Waals surface area contributed by atoms with Crippen LogP contribution in [0.4, 0.5) is 0 Å². The molecule has 2 rings (SSSR count). The third kappa shape index (κ3) is 1.24. The van der Waals surface area contributed by atoms with E-state index in [0.717, 1.165) is 17.9 Å². The van der Waals surface area contributed by atoms with Crippen LogP contribution in [0.5, 0.6) is 0 Å². The zero-order valence-electron chi connectivity index (χ0n) is 6.21. The summed E-state index contributed by atoms with van der Waals surface area (Å²) in [4.78, 5) is 11.2. The molecule has 5 radical (unpaired) electrons. The topological polar surface area (TPSA) is 17.1 Å². The van der Waals surface area contributed by atoms with Gasteiger partial charge in [0, 0.05) is 12.3 Å². The molecule has 1 nitrogen and oxygen atoms in total. The number of ketones is 1. The zero-order chi connectivity index (χ0) is 7.68. The second-order valence-corrected chi connectivity index (χ2v) is 2.75. The molecule has 2 aliphatic rings. The van der Waals surface area contributed by atoms with E-state index in [9.17, 15) is 4.79 Å². The Morgan fingerprint density at radius 2 is 1.91 bits per heavy atom. The van der Waals surface area contributed by atoms with Crippen molar-refractivity contribution < 1.29 is 4.79 Å². The van der Waals surface area contributed by atoms with Crippen molar-refractivity contribution in [3.05, 3.63) is 43.3 Å². The zero-order valence-corrected chi connectivity index (χ0v) is 6.21. The van der Waals surface area contributed by atoms with Gasteiger partial charge >= 0.3 is 0 Å². The van der Waals surface area contributed by atoms with Crippen molar-refractivity contribution in [2.45, 2.75) is 12.8 Å². The second kappa shape index (κ2) is 2.80. The maximum atomic E-state index is 11.2. The van der Waals surface area contributed by atoms with Crippen LogP contribution >= 0.6 is 0 Å². The molecule has 1 heteroatoms. The third-order valence-corrected chi connectivity index (χ3v) is 1.99. The molecule has 1 fully saturated rings. The van der Waals surface area contributed by atoms with Gasteiger partial charge in [0.05, 0.1) is 0 Å². The van der Waals surface area contributed by atoms with Gasteiger partial charge in [0.15, 0.2) is 5.78 Å². The predicted molar refractivity (Wildman–Crippen MR) is 42.8 cm³/mol.